The van der Waals surface area contributed by atoms with Crippen molar-refractivity contribution >= 4 is 11.6 Å². The predicted octanol–water partition coefficient (Wildman–Crippen LogP) is 1.69. The molecule has 1 aliphatic rings. The molecule has 1 fully saturated rings. The van der Waals surface area contributed by atoms with Crippen LogP contribution in [-0.2, 0) is 6.54 Å². The van der Waals surface area contributed by atoms with Crippen LogP contribution in [0.2, 0.25) is 5.02 Å². The molecule has 5 heteroatoms. The van der Waals surface area contributed by atoms with Gasteiger partial charge < -0.3 is 15.0 Å². The van der Waals surface area contributed by atoms with Crippen LogP contribution in [0.1, 0.15) is 5.56 Å². The van der Waals surface area contributed by atoms with Crippen LogP contribution in [0, 0.1) is 0 Å². The van der Waals surface area contributed by atoms with Crippen molar-refractivity contribution < 1.29 is 4.74 Å². The second-order valence-electron chi connectivity index (χ2n) is 5.30. The minimum absolute atomic E-state index is 0.681. The van der Waals surface area contributed by atoms with E-state index in [4.69, 9.17) is 16.3 Å². The maximum atomic E-state index is 6.15. The van der Waals surface area contributed by atoms with Crippen LogP contribution >= 0.6 is 11.6 Å². The lowest BCUT2D eigenvalue weighted by atomic mass is 10.2. The van der Waals surface area contributed by atoms with Crippen molar-refractivity contribution in [1.29, 1.82) is 0 Å². The summed E-state index contributed by atoms with van der Waals surface area (Å²) in [7, 11) is 3.79. The van der Waals surface area contributed by atoms with E-state index in [0.29, 0.717) is 5.02 Å². The number of benzene rings is 1. The molecule has 0 saturated carbocycles. The molecule has 2 rings (SSSR count). The van der Waals surface area contributed by atoms with Crippen LogP contribution in [0.25, 0.3) is 0 Å². The van der Waals surface area contributed by atoms with Gasteiger partial charge in [-0.2, -0.15) is 0 Å². The minimum atomic E-state index is 0.681. The van der Waals surface area contributed by atoms with E-state index in [2.05, 4.69) is 28.2 Å². The fourth-order valence-electron chi connectivity index (χ4n) is 2.45. The van der Waals surface area contributed by atoms with Gasteiger partial charge in [-0.3, -0.25) is 4.90 Å². The Bertz CT molecular complexity index is 422. The summed E-state index contributed by atoms with van der Waals surface area (Å²) in [6.07, 6.45) is 0. The summed E-state index contributed by atoms with van der Waals surface area (Å²) in [5.74, 6) is 0.735. The summed E-state index contributed by atoms with van der Waals surface area (Å²) < 4.78 is 5.17. The summed E-state index contributed by atoms with van der Waals surface area (Å²) in [5, 5.41) is 4.06. The van der Waals surface area contributed by atoms with Crippen molar-refractivity contribution in [3.05, 3.63) is 28.8 Å². The van der Waals surface area contributed by atoms with Crippen molar-refractivity contribution in [2.24, 2.45) is 0 Å². The molecular weight excluding hydrogens is 274 g/mol. The van der Waals surface area contributed by atoms with Crippen LogP contribution in [0.3, 0.4) is 0 Å². The van der Waals surface area contributed by atoms with Gasteiger partial charge in [-0.15, -0.1) is 0 Å². The van der Waals surface area contributed by atoms with E-state index in [0.717, 1.165) is 51.6 Å². The molecule has 1 aromatic rings. The van der Waals surface area contributed by atoms with Gasteiger partial charge in [0.1, 0.15) is 5.75 Å². The second kappa shape index (κ2) is 7.84. The highest BCUT2D eigenvalue weighted by Gasteiger charge is 2.10. The molecule has 0 unspecified atom stereocenters. The first-order valence-corrected chi connectivity index (χ1v) is 7.51. The zero-order chi connectivity index (χ0) is 14.4. The normalized spacial score (nSPS) is 16.6. The van der Waals surface area contributed by atoms with E-state index in [9.17, 15) is 0 Å². The van der Waals surface area contributed by atoms with Gasteiger partial charge in [0, 0.05) is 45.8 Å². The number of rotatable bonds is 6. The standard InChI is InChI=1S/C15H24ClN3O/c1-18(9-10-19-7-5-17-6-8-19)12-13-3-4-15(20-2)14(16)11-13/h3-4,11,17H,5-10,12H2,1-2H3. The Morgan fingerprint density at radius 1 is 1.35 bits per heavy atom. The van der Waals surface area contributed by atoms with E-state index < -0.39 is 0 Å². The second-order valence-corrected chi connectivity index (χ2v) is 5.71. The zero-order valence-electron chi connectivity index (χ0n) is 12.4. The SMILES string of the molecule is COc1ccc(CN(C)CCN2CCNCC2)cc1Cl. The third-order valence-corrected chi connectivity index (χ3v) is 3.97. The van der Waals surface area contributed by atoms with E-state index in [1.807, 2.05) is 12.1 Å². The van der Waals surface area contributed by atoms with Gasteiger partial charge in [-0.1, -0.05) is 17.7 Å². The Hall–Kier alpha value is -0.810. The summed E-state index contributed by atoms with van der Waals surface area (Å²) >= 11 is 6.15. The Balaban J connectivity index is 1.78. The number of ether oxygens (including phenoxy) is 1. The first kappa shape index (κ1) is 15.6. The fraction of sp³-hybridized carbons (Fsp3) is 0.600. The number of methoxy groups -OCH3 is 1. The molecule has 1 saturated heterocycles. The Morgan fingerprint density at radius 3 is 2.75 bits per heavy atom. The van der Waals surface area contributed by atoms with Crippen LogP contribution in [0.5, 0.6) is 5.75 Å². The summed E-state index contributed by atoms with van der Waals surface area (Å²) in [5.41, 5.74) is 1.22. The zero-order valence-corrected chi connectivity index (χ0v) is 13.1. The molecule has 1 aromatic carbocycles. The lowest BCUT2D eigenvalue weighted by Crippen LogP contribution is -2.45. The van der Waals surface area contributed by atoms with Gasteiger partial charge in [-0.25, -0.2) is 0 Å². The molecule has 0 amide bonds. The Kier molecular flexibility index (Phi) is 6.10. The highest BCUT2D eigenvalue weighted by molar-refractivity contribution is 6.32. The topological polar surface area (TPSA) is 27.7 Å². The summed E-state index contributed by atoms with van der Waals surface area (Å²) in [6, 6.07) is 6.00. The van der Waals surface area contributed by atoms with E-state index >= 15 is 0 Å². The van der Waals surface area contributed by atoms with E-state index in [1.165, 1.54) is 5.56 Å². The van der Waals surface area contributed by atoms with Gasteiger partial charge in [0.05, 0.1) is 12.1 Å². The third-order valence-electron chi connectivity index (χ3n) is 3.68. The molecule has 1 heterocycles. The molecular formula is C15H24ClN3O. The number of nitrogens with one attached hydrogen (secondary N) is 1. The smallest absolute Gasteiger partial charge is 0.137 e. The highest BCUT2D eigenvalue weighted by Crippen LogP contribution is 2.25. The number of hydrogen-bond donors (Lipinski definition) is 1. The summed E-state index contributed by atoms with van der Waals surface area (Å²) in [4.78, 5) is 4.84. The Morgan fingerprint density at radius 2 is 2.10 bits per heavy atom. The minimum Gasteiger partial charge on any atom is -0.495 e. The van der Waals surface area contributed by atoms with Crippen molar-refractivity contribution in [2.45, 2.75) is 6.54 Å². The molecule has 0 bridgehead atoms. The molecule has 4 nitrogen and oxygen atoms in total. The molecule has 0 aliphatic carbocycles. The van der Waals surface area contributed by atoms with Gasteiger partial charge in [-0.05, 0) is 24.7 Å². The quantitative estimate of drug-likeness (QED) is 0.865. The van der Waals surface area contributed by atoms with Gasteiger partial charge in [0.2, 0.25) is 0 Å². The number of piperazine rings is 1. The molecule has 0 spiro atoms. The number of halogens is 1. The number of likely N-dealkylation sites (N-methyl/N-ethyl adjacent to an activating group) is 1. The van der Waals surface area contributed by atoms with Gasteiger partial charge in [0.15, 0.2) is 0 Å². The maximum Gasteiger partial charge on any atom is 0.137 e. The lowest BCUT2D eigenvalue weighted by Gasteiger charge is -2.29. The maximum absolute atomic E-state index is 6.15. The average molecular weight is 298 g/mol. The first-order chi connectivity index (χ1) is 9.69. The summed E-state index contributed by atoms with van der Waals surface area (Å²) in [6.45, 7) is 7.64. The number of hydrogen-bond acceptors (Lipinski definition) is 4. The molecule has 1 aliphatic heterocycles. The first-order valence-electron chi connectivity index (χ1n) is 7.13. The molecule has 112 valence electrons. The van der Waals surface area contributed by atoms with E-state index in [-0.39, 0.29) is 0 Å². The van der Waals surface area contributed by atoms with Crippen molar-refractivity contribution in [3.63, 3.8) is 0 Å². The average Bonchev–Trinajstić information content (AvgIpc) is 2.46. The highest BCUT2D eigenvalue weighted by atomic mass is 35.5. The molecule has 0 radical (unpaired) electrons. The molecule has 1 N–H and O–H groups in total. The largest absolute Gasteiger partial charge is 0.495 e. The fourth-order valence-corrected chi connectivity index (χ4v) is 2.73. The van der Waals surface area contributed by atoms with Gasteiger partial charge >= 0.3 is 0 Å². The molecule has 20 heavy (non-hydrogen) atoms. The number of nitrogens with zero attached hydrogens (tertiary/aromatic N) is 2. The Labute approximate surface area is 126 Å². The predicted molar refractivity (Wildman–Crippen MR) is 83.6 cm³/mol. The van der Waals surface area contributed by atoms with Crippen molar-refractivity contribution in [2.75, 3.05) is 53.4 Å². The lowest BCUT2D eigenvalue weighted by molar-refractivity contribution is 0.202. The van der Waals surface area contributed by atoms with Crippen LogP contribution < -0.4 is 10.1 Å². The van der Waals surface area contributed by atoms with E-state index in [1.54, 1.807) is 7.11 Å². The molecule has 0 aromatic heterocycles. The van der Waals surface area contributed by atoms with Crippen LogP contribution in [0.4, 0.5) is 0 Å². The van der Waals surface area contributed by atoms with Crippen molar-refractivity contribution in [3.8, 4) is 5.75 Å². The molecule has 0 atom stereocenters. The third kappa shape index (κ3) is 4.63. The van der Waals surface area contributed by atoms with Crippen LogP contribution in [0.15, 0.2) is 18.2 Å². The van der Waals surface area contributed by atoms with Gasteiger partial charge in [0.25, 0.3) is 0 Å². The monoisotopic (exact) mass is 297 g/mol. The van der Waals surface area contributed by atoms with Crippen molar-refractivity contribution in [1.82, 2.24) is 15.1 Å². The van der Waals surface area contributed by atoms with Crippen LogP contribution in [-0.4, -0.2) is 63.2 Å².